The Hall–Kier alpha value is -0.780. The van der Waals surface area contributed by atoms with Gasteiger partial charge in [0.25, 0.3) is 0 Å². The molecule has 0 saturated heterocycles. The average molecular weight is 220 g/mol. The minimum atomic E-state index is 1.13. The number of hydrogen-bond acceptors (Lipinski definition) is 0. The highest BCUT2D eigenvalue weighted by atomic mass is 13.9. The molecule has 0 aromatic carbocycles. The monoisotopic (exact) mass is 220 g/mol. The molecule has 0 bridgehead atoms. The molecule has 0 aromatic heterocycles. The van der Waals surface area contributed by atoms with E-state index < -0.39 is 0 Å². The molecule has 0 saturated carbocycles. The van der Waals surface area contributed by atoms with Crippen LogP contribution in [0.2, 0.25) is 0 Å². The Bertz CT molecular complexity index is 196. The lowest BCUT2D eigenvalue weighted by Crippen LogP contribution is -1.73. The van der Waals surface area contributed by atoms with E-state index in [0.29, 0.717) is 0 Å². The molecule has 0 aliphatic rings. The largest absolute Gasteiger partial charge is 0.0885 e. The Labute approximate surface area is 102 Å². The summed E-state index contributed by atoms with van der Waals surface area (Å²) in [5.74, 6) is 0. The van der Waals surface area contributed by atoms with E-state index in [2.05, 4.69) is 50.3 Å². The van der Waals surface area contributed by atoms with E-state index >= 15 is 0 Å². The maximum Gasteiger partial charge on any atom is -0.0313 e. The number of allylic oxidation sites excluding steroid dienone is 6. The van der Waals surface area contributed by atoms with Crippen LogP contribution in [0.1, 0.15) is 65.2 Å². The molecule has 0 spiro atoms. The van der Waals surface area contributed by atoms with Gasteiger partial charge in [0, 0.05) is 0 Å². The van der Waals surface area contributed by atoms with E-state index in [1.54, 1.807) is 0 Å². The van der Waals surface area contributed by atoms with Crippen LogP contribution < -0.4 is 0 Å². The molecule has 0 N–H and O–H groups in total. The van der Waals surface area contributed by atoms with Crippen LogP contribution in [-0.2, 0) is 0 Å². The van der Waals surface area contributed by atoms with E-state index in [1.165, 1.54) is 44.9 Å². The number of unbranched alkanes of at least 4 members (excludes halogenated alkanes) is 5. The van der Waals surface area contributed by atoms with Gasteiger partial charge in [0.1, 0.15) is 0 Å². The zero-order valence-corrected chi connectivity index (χ0v) is 11.1. The first-order valence-corrected chi connectivity index (χ1v) is 6.88. The van der Waals surface area contributed by atoms with Crippen molar-refractivity contribution in [1.82, 2.24) is 0 Å². The lowest BCUT2D eigenvalue weighted by molar-refractivity contribution is 0.674. The molecule has 0 unspecified atom stereocenters. The van der Waals surface area contributed by atoms with Crippen molar-refractivity contribution in [2.75, 3.05) is 0 Å². The van der Waals surface area contributed by atoms with E-state index in [0.717, 1.165) is 6.42 Å². The molecule has 0 heteroatoms. The first kappa shape index (κ1) is 15.2. The van der Waals surface area contributed by atoms with Crippen LogP contribution in [0.15, 0.2) is 36.5 Å². The number of hydrogen-bond donors (Lipinski definition) is 0. The van der Waals surface area contributed by atoms with Gasteiger partial charge in [-0.1, -0.05) is 69.6 Å². The summed E-state index contributed by atoms with van der Waals surface area (Å²) in [5, 5.41) is 0. The molecule has 0 aromatic rings. The van der Waals surface area contributed by atoms with Gasteiger partial charge in [-0.25, -0.2) is 0 Å². The summed E-state index contributed by atoms with van der Waals surface area (Å²) in [6, 6.07) is 0. The molecule has 92 valence electrons. The van der Waals surface area contributed by atoms with E-state index in [-0.39, 0.29) is 0 Å². The van der Waals surface area contributed by atoms with Gasteiger partial charge in [-0.05, 0) is 32.1 Å². The molecular formula is C16H28. The molecule has 0 atom stereocenters. The second-order valence-corrected chi connectivity index (χ2v) is 4.16. The predicted octanol–water partition coefficient (Wildman–Crippen LogP) is 5.82. The molecule has 16 heavy (non-hydrogen) atoms. The fraction of sp³-hybridized carbons (Fsp3) is 0.625. The third kappa shape index (κ3) is 13.2. The Morgan fingerprint density at radius 2 is 1.31 bits per heavy atom. The van der Waals surface area contributed by atoms with Gasteiger partial charge in [0.05, 0.1) is 0 Å². The van der Waals surface area contributed by atoms with E-state index in [9.17, 15) is 0 Å². The highest BCUT2D eigenvalue weighted by Crippen LogP contribution is 2.03. The van der Waals surface area contributed by atoms with Gasteiger partial charge in [0.2, 0.25) is 0 Å². The van der Waals surface area contributed by atoms with Crippen LogP contribution in [0.25, 0.3) is 0 Å². The first-order valence-electron chi connectivity index (χ1n) is 6.88. The van der Waals surface area contributed by atoms with Gasteiger partial charge in [-0.3, -0.25) is 0 Å². The summed E-state index contributed by atoms with van der Waals surface area (Å²) in [7, 11) is 0. The molecule has 0 aliphatic heterocycles. The predicted molar refractivity (Wildman–Crippen MR) is 75.7 cm³/mol. The maximum absolute atomic E-state index is 2.34. The standard InChI is InChI=1S/C16H28/c1-3-5-7-9-11-13-15-16-14-12-10-8-6-4-2/h5,7,9,11,14,16H,3-4,6,8,10,12-13,15H2,1-2H3/b7-5+,11-9-,16-14-. The zero-order valence-electron chi connectivity index (χ0n) is 11.1. The summed E-state index contributed by atoms with van der Waals surface area (Å²) in [6.07, 6.45) is 23.6. The first-order chi connectivity index (χ1) is 7.91. The minimum Gasteiger partial charge on any atom is -0.0885 e. The van der Waals surface area contributed by atoms with Crippen LogP contribution in [0.5, 0.6) is 0 Å². The molecular weight excluding hydrogens is 192 g/mol. The summed E-state index contributed by atoms with van der Waals surface area (Å²) in [6.45, 7) is 4.42. The second kappa shape index (κ2) is 14.2. The zero-order chi connectivity index (χ0) is 11.9. The Balaban J connectivity index is 3.21. The van der Waals surface area contributed by atoms with Crippen molar-refractivity contribution in [3.63, 3.8) is 0 Å². The van der Waals surface area contributed by atoms with Crippen molar-refractivity contribution in [2.24, 2.45) is 0 Å². The summed E-state index contributed by atoms with van der Waals surface area (Å²) in [4.78, 5) is 0. The number of rotatable bonds is 10. The fourth-order valence-electron chi connectivity index (χ4n) is 1.51. The molecule has 0 amide bonds. The minimum absolute atomic E-state index is 1.13. The van der Waals surface area contributed by atoms with Gasteiger partial charge in [-0.15, -0.1) is 0 Å². The molecule has 0 radical (unpaired) electrons. The van der Waals surface area contributed by atoms with Crippen LogP contribution in [-0.4, -0.2) is 0 Å². The highest BCUT2D eigenvalue weighted by Gasteiger charge is 1.83. The van der Waals surface area contributed by atoms with Crippen molar-refractivity contribution in [2.45, 2.75) is 65.2 Å². The lowest BCUT2D eigenvalue weighted by Gasteiger charge is -1.93. The molecule has 0 heterocycles. The van der Waals surface area contributed by atoms with Gasteiger partial charge < -0.3 is 0 Å². The average Bonchev–Trinajstić information content (AvgIpc) is 2.31. The Morgan fingerprint density at radius 3 is 2.06 bits per heavy atom. The SMILES string of the molecule is CC/C=C/C=C\CC/C=C\CCCCCC. The Morgan fingerprint density at radius 1 is 0.625 bits per heavy atom. The fourth-order valence-corrected chi connectivity index (χ4v) is 1.51. The highest BCUT2D eigenvalue weighted by molar-refractivity contribution is 5.02. The molecule has 0 rings (SSSR count). The third-order valence-corrected chi connectivity index (χ3v) is 2.51. The second-order valence-electron chi connectivity index (χ2n) is 4.16. The van der Waals surface area contributed by atoms with Crippen molar-refractivity contribution in [3.05, 3.63) is 36.5 Å². The van der Waals surface area contributed by atoms with Crippen LogP contribution in [0.4, 0.5) is 0 Å². The van der Waals surface area contributed by atoms with E-state index in [4.69, 9.17) is 0 Å². The van der Waals surface area contributed by atoms with Crippen LogP contribution >= 0.6 is 0 Å². The van der Waals surface area contributed by atoms with Crippen molar-refractivity contribution >= 4 is 0 Å². The topological polar surface area (TPSA) is 0 Å². The van der Waals surface area contributed by atoms with Gasteiger partial charge in [0.15, 0.2) is 0 Å². The van der Waals surface area contributed by atoms with E-state index in [1.807, 2.05) is 0 Å². The molecule has 0 nitrogen and oxygen atoms in total. The molecule has 0 aliphatic carbocycles. The normalized spacial score (nSPS) is 12.4. The molecule has 0 fully saturated rings. The maximum atomic E-state index is 2.34. The van der Waals surface area contributed by atoms with Gasteiger partial charge in [-0.2, -0.15) is 0 Å². The summed E-state index contributed by atoms with van der Waals surface area (Å²) >= 11 is 0. The van der Waals surface area contributed by atoms with Crippen molar-refractivity contribution in [3.8, 4) is 0 Å². The Kier molecular flexibility index (Phi) is 13.5. The van der Waals surface area contributed by atoms with Gasteiger partial charge >= 0.3 is 0 Å². The smallest absolute Gasteiger partial charge is 0.0313 e. The van der Waals surface area contributed by atoms with Crippen molar-refractivity contribution < 1.29 is 0 Å². The van der Waals surface area contributed by atoms with Crippen LogP contribution in [0, 0.1) is 0 Å². The third-order valence-electron chi connectivity index (χ3n) is 2.51. The van der Waals surface area contributed by atoms with Crippen LogP contribution in [0.3, 0.4) is 0 Å². The quantitative estimate of drug-likeness (QED) is 0.247. The summed E-state index contributed by atoms with van der Waals surface area (Å²) in [5.41, 5.74) is 0. The summed E-state index contributed by atoms with van der Waals surface area (Å²) < 4.78 is 0. The lowest BCUT2D eigenvalue weighted by atomic mass is 10.1. The van der Waals surface area contributed by atoms with Crippen molar-refractivity contribution in [1.29, 1.82) is 0 Å².